The van der Waals surface area contributed by atoms with Crippen LogP contribution in [0.2, 0.25) is 0 Å². The number of aryl methyl sites for hydroxylation is 1. The monoisotopic (exact) mass is 484 g/mol. The summed E-state index contributed by atoms with van der Waals surface area (Å²) in [6.45, 7) is 6.99. The highest BCUT2D eigenvalue weighted by molar-refractivity contribution is 8.26. The van der Waals surface area contributed by atoms with Crippen LogP contribution in [0.5, 0.6) is 0 Å². The number of unbranched alkanes of at least 4 members (excludes halogenated alkanes) is 2. The van der Waals surface area contributed by atoms with Gasteiger partial charge >= 0.3 is 0 Å². The van der Waals surface area contributed by atoms with Crippen LogP contribution in [0.15, 0.2) is 28.0 Å². The van der Waals surface area contributed by atoms with Crippen LogP contribution < -0.4 is 10.9 Å². The van der Waals surface area contributed by atoms with Crippen LogP contribution in [-0.4, -0.2) is 37.1 Å². The summed E-state index contributed by atoms with van der Waals surface area (Å²) in [5, 5.41) is 3.55. The second-order valence-corrected chi connectivity index (χ2v) is 10.9. The fraction of sp³-hybridized carbons (Fsp3) is 0.520. The molecule has 1 saturated heterocycles. The number of pyridine rings is 1. The highest BCUT2D eigenvalue weighted by Gasteiger charge is 2.32. The van der Waals surface area contributed by atoms with Crippen molar-refractivity contribution in [2.24, 2.45) is 5.92 Å². The molecule has 1 amide bonds. The summed E-state index contributed by atoms with van der Waals surface area (Å²) in [7, 11) is 0. The molecular weight excluding hydrogens is 452 g/mol. The summed E-state index contributed by atoms with van der Waals surface area (Å²) in [4.78, 5) is 33.6. The zero-order chi connectivity index (χ0) is 23.5. The molecule has 0 spiro atoms. The minimum atomic E-state index is -0.174. The molecule has 0 unspecified atom stereocenters. The molecule has 1 aliphatic carbocycles. The number of nitrogens with zero attached hydrogens (tertiary/aromatic N) is 3. The van der Waals surface area contributed by atoms with Gasteiger partial charge in [-0.05, 0) is 62.7 Å². The third-order valence-corrected chi connectivity index (χ3v) is 7.95. The van der Waals surface area contributed by atoms with E-state index in [1.165, 1.54) is 11.8 Å². The molecule has 0 aromatic carbocycles. The lowest BCUT2D eigenvalue weighted by Crippen LogP contribution is -2.30. The number of thiocarbonyl (C=S) groups is 1. The average Bonchev–Trinajstić information content (AvgIpc) is 3.06. The number of carbonyl (C=O) groups excluding carboxylic acids is 1. The van der Waals surface area contributed by atoms with Gasteiger partial charge in [0.1, 0.15) is 15.8 Å². The maximum Gasteiger partial charge on any atom is 0.267 e. The van der Waals surface area contributed by atoms with Crippen LogP contribution in [0.1, 0.15) is 69.9 Å². The van der Waals surface area contributed by atoms with Gasteiger partial charge in [-0.15, -0.1) is 0 Å². The molecule has 176 valence electrons. The van der Waals surface area contributed by atoms with E-state index in [1.54, 1.807) is 21.6 Å². The van der Waals surface area contributed by atoms with E-state index in [0.29, 0.717) is 32.8 Å². The number of rotatable bonds is 7. The molecule has 8 heteroatoms. The van der Waals surface area contributed by atoms with Crippen molar-refractivity contribution in [1.82, 2.24) is 14.3 Å². The van der Waals surface area contributed by atoms with Crippen LogP contribution in [0.4, 0.5) is 5.82 Å². The fourth-order valence-electron chi connectivity index (χ4n) is 4.49. The van der Waals surface area contributed by atoms with E-state index in [-0.39, 0.29) is 17.5 Å². The lowest BCUT2D eigenvalue weighted by molar-refractivity contribution is -0.122. The third kappa shape index (κ3) is 5.17. The molecular formula is C25H32N4O2S2. The summed E-state index contributed by atoms with van der Waals surface area (Å²) < 4.78 is 2.12. The number of fused-ring (bicyclic) bond motifs is 1. The van der Waals surface area contributed by atoms with Gasteiger partial charge in [-0.2, -0.15) is 0 Å². The number of hydrogen-bond acceptors (Lipinski definition) is 6. The minimum absolute atomic E-state index is 0.118. The van der Waals surface area contributed by atoms with Crippen molar-refractivity contribution in [2.75, 3.05) is 11.9 Å². The van der Waals surface area contributed by atoms with Crippen LogP contribution in [-0.2, 0) is 4.79 Å². The molecule has 0 bridgehead atoms. The second-order valence-electron chi connectivity index (χ2n) is 9.21. The highest BCUT2D eigenvalue weighted by atomic mass is 32.2. The first-order valence-corrected chi connectivity index (χ1v) is 13.2. The Balaban J connectivity index is 1.72. The number of thioether (sulfide) groups is 1. The van der Waals surface area contributed by atoms with Gasteiger partial charge in [0, 0.05) is 18.8 Å². The maximum absolute atomic E-state index is 13.5. The van der Waals surface area contributed by atoms with Gasteiger partial charge in [0.2, 0.25) is 0 Å². The number of nitrogens with one attached hydrogen (secondary N) is 1. The number of anilines is 1. The normalized spacial score (nSPS) is 22.5. The Bertz CT molecular complexity index is 1150. The van der Waals surface area contributed by atoms with Crippen LogP contribution >= 0.6 is 24.0 Å². The number of carbonyl (C=O) groups is 1. The molecule has 33 heavy (non-hydrogen) atoms. The SMILES string of the molecule is CCCCCN1C(=O)C(=Cc2c(NC3CCC(C)CC3)nc3c(C)cccn3c2=O)SC1=S. The fourth-order valence-corrected chi connectivity index (χ4v) is 5.78. The Hall–Kier alpha value is -2.19. The van der Waals surface area contributed by atoms with Crippen LogP contribution in [0.25, 0.3) is 11.7 Å². The van der Waals surface area contributed by atoms with E-state index in [0.717, 1.165) is 56.4 Å². The van der Waals surface area contributed by atoms with Crippen molar-refractivity contribution in [3.8, 4) is 0 Å². The molecule has 0 atom stereocenters. The first-order valence-electron chi connectivity index (χ1n) is 11.9. The van der Waals surface area contributed by atoms with Gasteiger partial charge in [0.05, 0.1) is 10.5 Å². The van der Waals surface area contributed by atoms with Gasteiger partial charge in [-0.1, -0.05) is 56.7 Å². The zero-order valence-electron chi connectivity index (χ0n) is 19.6. The Kier molecular flexibility index (Phi) is 7.54. The Morgan fingerprint density at radius 1 is 1.24 bits per heavy atom. The van der Waals surface area contributed by atoms with Crippen molar-refractivity contribution in [3.63, 3.8) is 0 Å². The van der Waals surface area contributed by atoms with Gasteiger partial charge in [-0.25, -0.2) is 4.98 Å². The van der Waals surface area contributed by atoms with E-state index >= 15 is 0 Å². The van der Waals surface area contributed by atoms with Gasteiger partial charge in [0.15, 0.2) is 0 Å². The average molecular weight is 485 g/mol. The summed E-state index contributed by atoms with van der Waals surface area (Å²) in [6.07, 6.45) is 10.9. The predicted octanol–water partition coefficient (Wildman–Crippen LogP) is 5.38. The molecule has 6 nitrogen and oxygen atoms in total. The summed E-state index contributed by atoms with van der Waals surface area (Å²) in [6, 6.07) is 4.07. The molecule has 3 heterocycles. The van der Waals surface area contributed by atoms with E-state index in [4.69, 9.17) is 17.2 Å². The summed E-state index contributed by atoms with van der Waals surface area (Å²) in [5.74, 6) is 1.17. The van der Waals surface area contributed by atoms with Crippen molar-refractivity contribution in [2.45, 2.75) is 71.8 Å². The van der Waals surface area contributed by atoms with Gasteiger partial charge < -0.3 is 5.32 Å². The minimum Gasteiger partial charge on any atom is -0.367 e. The first kappa shape index (κ1) is 24.0. The van der Waals surface area contributed by atoms with Crippen LogP contribution in [0, 0.1) is 12.8 Å². The predicted molar refractivity (Wildman–Crippen MR) is 141 cm³/mol. The maximum atomic E-state index is 13.5. The smallest absolute Gasteiger partial charge is 0.267 e. The Morgan fingerprint density at radius 2 is 2.00 bits per heavy atom. The number of hydrogen-bond donors (Lipinski definition) is 1. The van der Waals surface area contributed by atoms with Crippen LogP contribution in [0.3, 0.4) is 0 Å². The van der Waals surface area contributed by atoms with Gasteiger partial charge in [-0.3, -0.25) is 18.9 Å². The summed E-state index contributed by atoms with van der Waals surface area (Å²) >= 11 is 6.75. The zero-order valence-corrected chi connectivity index (χ0v) is 21.2. The molecule has 2 fully saturated rings. The number of amides is 1. The quantitative estimate of drug-likeness (QED) is 0.323. The first-order chi connectivity index (χ1) is 15.9. The molecule has 1 N–H and O–H groups in total. The van der Waals surface area contributed by atoms with E-state index in [2.05, 4.69) is 19.2 Å². The van der Waals surface area contributed by atoms with Crippen molar-refractivity contribution in [3.05, 3.63) is 44.7 Å². The molecule has 1 aliphatic heterocycles. The largest absolute Gasteiger partial charge is 0.367 e. The van der Waals surface area contributed by atoms with Crippen molar-refractivity contribution >= 4 is 51.7 Å². The third-order valence-electron chi connectivity index (χ3n) is 6.58. The number of aromatic nitrogens is 2. The molecule has 4 rings (SSSR count). The van der Waals surface area contributed by atoms with Gasteiger partial charge in [0.25, 0.3) is 11.5 Å². The molecule has 0 radical (unpaired) electrons. The summed E-state index contributed by atoms with van der Waals surface area (Å²) in [5.41, 5.74) is 1.82. The van der Waals surface area contributed by atoms with Crippen molar-refractivity contribution in [1.29, 1.82) is 0 Å². The Labute approximate surface area is 204 Å². The van der Waals surface area contributed by atoms with E-state index in [9.17, 15) is 9.59 Å². The lowest BCUT2D eigenvalue weighted by atomic mass is 9.87. The molecule has 2 aromatic rings. The van der Waals surface area contributed by atoms with E-state index in [1.807, 2.05) is 19.1 Å². The van der Waals surface area contributed by atoms with Crippen molar-refractivity contribution < 1.29 is 4.79 Å². The standard InChI is InChI=1S/C25H32N4O2S2/c1-4-5-6-13-29-24(31)20(33-25(29)32)15-19-21(26-18-11-9-16(2)10-12-18)27-22-17(3)8-7-14-28(22)23(19)30/h7-8,14-16,18,26H,4-6,9-13H2,1-3H3. The van der Waals surface area contributed by atoms with E-state index < -0.39 is 0 Å². The topological polar surface area (TPSA) is 66.7 Å². The molecule has 2 aliphatic rings. The Morgan fingerprint density at radius 3 is 2.73 bits per heavy atom. The lowest BCUT2D eigenvalue weighted by Gasteiger charge is -2.28. The molecule has 1 saturated carbocycles. The second kappa shape index (κ2) is 10.4. The highest BCUT2D eigenvalue weighted by Crippen LogP contribution is 2.34. The molecule has 2 aromatic heterocycles.